The van der Waals surface area contributed by atoms with Crippen molar-refractivity contribution < 1.29 is 23.0 Å². The van der Waals surface area contributed by atoms with Crippen molar-refractivity contribution >= 4 is 17.3 Å². The number of alkyl halides is 1. The van der Waals surface area contributed by atoms with E-state index in [1.54, 1.807) is 47.6 Å². The van der Waals surface area contributed by atoms with Crippen LogP contribution in [0.4, 0.5) is 8.78 Å². The van der Waals surface area contributed by atoms with Crippen molar-refractivity contribution in [3.8, 4) is 0 Å². The molecule has 0 radical (unpaired) electrons. The highest BCUT2D eigenvalue weighted by Crippen LogP contribution is 2.44. The molecule has 0 saturated carbocycles. The van der Waals surface area contributed by atoms with Crippen molar-refractivity contribution in [3.63, 3.8) is 0 Å². The van der Waals surface area contributed by atoms with Gasteiger partial charge in [0, 0.05) is 24.9 Å². The van der Waals surface area contributed by atoms with Crippen LogP contribution in [0, 0.1) is 11.4 Å². The van der Waals surface area contributed by atoms with Crippen LogP contribution in [0.5, 0.6) is 0 Å². The summed E-state index contributed by atoms with van der Waals surface area (Å²) < 4.78 is 43.0. The number of likely N-dealkylation sites (tertiary alicyclic amines) is 1. The molecular weight excluding hydrogens is 452 g/mol. The van der Waals surface area contributed by atoms with Gasteiger partial charge in [0.05, 0.1) is 29.7 Å². The lowest BCUT2D eigenvalue weighted by Gasteiger charge is -2.47. The largest absolute Gasteiger partial charge is 0.461 e. The van der Waals surface area contributed by atoms with Crippen LogP contribution in [0.3, 0.4) is 0 Å². The summed E-state index contributed by atoms with van der Waals surface area (Å²) in [4.78, 5) is 23.6. The van der Waals surface area contributed by atoms with E-state index in [4.69, 9.17) is 9.47 Å². The Kier molecular flexibility index (Phi) is 7.75. The lowest BCUT2D eigenvalue weighted by molar-refractivity contribution is -0.180. The number of ether oxygens (including phenoxy) is 2. The molecule has 0 amide bonds. The summed E-state index contributed by atoms with van der Waals surface area (Å²) in [7, 11) is 0. The molecular formula is C27H39F2N3O3. The summed E-state index contributed by atoms with van der Waals surface area (Å²) in [5.74, 6) is -1.40. The standard InChI is InChI=1S/C27H39F2N3O3/c1-17(2)34-24(33)23(35-25(4,5)6)27(29)18(3)30-16-20(19-9-10-21(28)31-15-19)22(27)32-13-11-26(7,8)12-14-32/h9-10,15,17,23H,11-14,16H2,1-8H3. The SMILES string of the molecule is CC1=NCC(c2ccc(F)nc2)=C(N2CCC(C)(C)CC2)C1(F)C(OC(C)(C)C)C(=O)OC(C)C. The van der Waals surface area contributed by atoms with Gasteiger partial charge in [-0.2, -0.15) is 4.39 Å². The van der Waals surface area contributed by atoms with Crippen molar-refractivity contribution in [1.29, 1.82) is 0 Å². The van der Waals surface area contributed by atoms with Crippen molar-refractivity contribution in [2.24, 2.45) is 10.4 Å². The number of piperidine rings is 1. The zero-order valence-corrected chi connectivity index (χ0v) is 22.2. The number of esters is 1. The molecule has 0 aliphatic carbocycles. The minimum atomic E-state index is -2.37. The maximum atomic E-state index is 17.8. The molecule has 6 nitrogen and oxygen atoms in total. The van der Waals surface area contributed by atoms with Gasteiger partial charge < -0.3 is 14.4 Å². The number of hydrogen-bond acceptors (Lipinski definition) is 6. The van der Waals surface area contributed by atoms with Crippen molar-refractivity contribution in [2.75, 3.05) is 19.6 Å². The fraction of sp³-hybridized carbons (Fsp3) is 0.667. The van der Waals surface area contributed by atoms with Crippen molar-refractivity contribution in [1.82, 2.24) is 9.88 Å². The van der Waals surface area contributed by atoms with Gasteiger partial charge in [0.25, 0.3) is 0 Å². The second-order valence-corrected chi connectivity index (χ2v) is 11.6. The van der Waals surface area contributed by atoms with Crippen molar-refractivity contribution in [2.45, 2.75) is 91.7 Å². The number of dihydropyridines is 1. The highest BCUT2D eigenvalue weighted by molar-refractivity contribution is 6.03. The van der Waals surface area contributed by atoms with E-state index in [-0.39, 0.29) is 17.7 Å². The summed E-state index contributed by atoms with van der Waals surface area (Å²) in [6.45, 7) is 16.2. The van der Waals surface area contributed by atoms with E-state index in [2.05, 4.69) is 23.8 Å². The molecule has 2 aliphatic heterocycles. The van der Waals surface area contributed by atoms with E-state index in [1.807, 2.05) is 4.90 Å². The first-order valence-corrected chi connectivity index (χ1v) is 12.3. The summed E-state index contributed by atoms with van der Waals surface area (Å²) in [6.07, 6.45) is 1.10. The number of halogens is 2. The third-order valence-electron chi connectivity index (χ3n) is 6.54. The first kappa shape index (κ1) is 27.2. The Bertz CT molecular complexity index is 986. The molecule has 0 spiro atoms. The van der Waals surface area contributed by atoms with Gasteiger partial charge in [0.1, 0.15) is 0 Å². The number of aliphatic imine (C=N–C) groups is 1. The number of pyridine rings is 1. The molecule has 35 heavy (non-hydrogen) atoms. The van der Waals surface area contributed by atoms with Crippen LogP contribution in [-0.2, 0) is 14.3 Å². The van der Waals surface area contributed by atoms with E-state index in [0.717, 1.165) is 12.8 Å². The van der Waals surface area contributed by atoms with E-state index in [9.17, 15) is 9.18 Å². The van der Waals surface area contributed by atoms with Gasteiger partial charge in [-0.1, -0.05) is 13.8 Å². The lowest BCUT2D eigenvalue weighted by atomic mass is 9.78. The molecule has 1 aromatic rings. The van der Waals surface area contributed by atoms with Crippen LogP contribution in [-0.4, -0.2) is 64.7 Å². The van der Waals surface area contributed by atoms with Crippen LogP contribution in [0.25, 0.3) is 5.57 Å². The summed E-state index contributed by atoms with van der Waals surface area (Å²) in [5, 5.41) is 0. The van der Waals surface area contributed by atoms with E-state index < -0.39 is 35.4 Å². The monoisotopic (exact) mass is 491 g/mol. The van der Waals surface area contributed by atoms with E-state index >= 15 is 4.39 Å². The molecule has 0 N–H and O–H groups in total. The maximum absolute atomic E-state index is 17.8. The average Bonchev–Trinajstić information content (AvgIpc) is 2.74. The van der Waals surface area contributed by atoms with Gasteiger partial charge in [-0.25, -0.2) is 14.2 Å². The zero-order valence-electron chi connectivity index (χ0n) is 22.2. The fourth-order valence-electron chi connectivity index (χ4n) is 4.57. The van der Waals surface area contributed by atoms with Gasteiger partial charge in [0.2, 0.25) is 17.7 Å². The first-order valence-electron chi connectivity index (χ1n) is 12.3. The molecule has 0 aromatic carbocycles. The van der Waals surface area contributed by atoms with Gasteiger partial charge in [0.15, 0.2) is 0 Å². The lowest BCUT2D eigenvalue weighted by Crippen LogP contribution is -2.60. The molecule has 0 bridgehead atoms. The Labute approximate surface area is 207 Å². The van der Waals surface area contributed by atoms with Crippen LogP contribution >= 0.6 is 0 Å². The Morgan fingerprint density at radius 2 is 1.80 bits per heavy atom. The summed E-state index contributed by atoms with van der Waals surface area (Å²) in [5.41, 5.74) is -1.44. The fourth-order valence-corrected chi connectivity index (χ4v) is 4.57. The van der Waals surface area contributed by atoms with E-state index in [1.165, 1.54) is 12.3 Å². The molecule has 3 rings (SSSR count). The zero-order chi connectivity index (χ0) is 26.2. The topological polar surface area (TPSA) is 64.0 Å². The Morgan fingerprint density at radius 3 is 2.31 bits per heavy atom. The van der Waals surface area contributed by atoms with Crippen LogP contribution in [0.15, 0.2) is 29.0 Å². The minimum absolute atomic E-state index is 0.128. The Balaban J connectivity index is 2.23. The molecule has 2 atom stereocenters. The van der Waals surface area contributed by atoms with Crippen molar-refractivity contribution in [3.05, 3.63) is 35.5 Å². The molecule has 2 unspecified atom stereocenters. The molecule has 3 heterocycles. The number of nitrogens with zero attached hydrogens (tertiary/aromatic N) is 3. The normalized spacial score (nSPS) is 23.9. The Morgan fingerprint density at radius 1 is 1.17 bits per heavy atom. The van der Waals surface area contributed by atoms with Crippen LogP contribution in [0.2, 0.25) is 0 Å². The molecule has 1 aromatic heterocycles. The molecule has 8 heteroatoms. The maximum Gasteiger partial charge on any atom is 0.339 e. The van der Waals surface area contributed by atoms with Crippen LogP contribution in [0.1, 0.15) is 73.8 Å². The third-order valence-corrected chi connectivity index (χ3v) is 6.54. The smallest absolute Gasteiger partial charge is 0.339 e. The minimum Gasteiger partial charge on any atom is -0.461 e. The first-order chi connectivity index (χ1) is 16.1. The molecule has 194 valence electrons. The quantitative estimate of drug-likeness (QED) is 0.395. The number of hydrogen-bond donors (Lipinski definition) is 0. The second kappa shape index (κ2) is 9.96. The number of aromatic nitrogens is 1. The predicted molar refractivity (Wildman–Crippen MR) is 133 cm³/mol. The van der Waals surface area contributed by atoms with E-state index in [0.29, 0.717) is 29.9 Å². The summed E-state index contributed by atoms with van der Waals surface area (Å²) in [6, 6.07) is 2.83. The number of carbonyl (C=O) groups excluding carboxylic acids is 1. The van der Waals surface area contributed by atoms with Gasteiger partial charge in [-0.05, 0) is 77.5 Å². The van der Waals surface area contributed by atoms with Gasteiger partial charge in [-0.3, -0.25) is 4.99 Å². The predicted octanol–water partition coefficient (Wildman–Crippen LogP) is 5.37. The third kappa shape index (κ3) is 6.08. The second-order valence-electron chi connectivity index (χ2n) is 11.6. The molecule has 1 fully saturated rings. The average molecular weight is 492 g/mol. The number of carbonyl (C=O) groups is 1. The van der Waals surface area contributed by atoms with Crippen LogP contribution < -0.4 is 0 Å². The number of rotatable bonds is 6. The highest BCUT2D eigenvalue weighted by Gasteiger charge is 2.57. The highest BCUT2D eigenvalue weighted by atomic mass is 19.1. The van der Waals surface area contributed by atoms with Gasteiger partial charge >= 0.3 is 5.97 Å². The summed E-state index contributed by atoms with van der Waals surface area (Å²) >= 11 is 0. The van der Waals surface area contributed by atoms with Gasteiger partial charge in [-0.15, -0.1) is 0 Å². The molecule has 2 aliphatic rings. The molecule has 1 saturated heterocycles. The Hall–Kier alpha value is -2.35.